The number of amides is 1. The summed E-state index contributed by atoms with van der Waals surface area (Å²) in [5.74, 6) is 1.73. The fraction of sp³-hybridized carbons (Fsp3) is 0.933. The summed E-state index contributed by atoms with van der Waals surface area (Å²) < 4.78 is 0. The number of rotatable bonds is 6. The standard InChI is InChI=1S/C15H31N3O.2ClH/c1-11-6-12(2)9-18(8-11)10-14(4)17-15(19)13(3)7-16-5;;/h11-14,16H,6-10H2,1-5H3,(H,17,19);2*1H. The first-order chi connectivity index (χ1) is 8.92. The minimum atomic E-state index is 0. The molecule has 0 bridgehead atoms. The number of nitrogens with one attached hydrogen (secondary N) is 2. The normalized spacial score (nSPS) is 25.2. The van der Waals surface area contributed by atoms with Gasteiger partial charge >= 0.3 is 0 Å². The third kappa shape index (κ3) is 8.87. The Morgan fingerprint density at radius 3 is 2.19 bits per heavy atom. The van der Waals surface area contributed by atoms with E-state index < -0.39 is 0 Å². The van der Waals surface area contributed by atoms with Crippen LogP contribution in [0.3, 0.4) is 0 Å². The molecule has 0 radical (unpaired) electrons. The van der Waals surface area contributed by atoms with E-state index in [-0.39, 0.29) is 42.7 Å². The Morgan fingerprint density at radius 2 is 1.71 bits per heavy atom. The van der Waals surface area contributed by atoms with Gasteiger partial charge in [0.2, 0.25) is 5.91 Å². The highest BCUT2D eigenvalue weighted by Gasteiger charge is 2.23. The van der Waals surface area contributed by atoms with Crippen molar-refractivity contribution in [1.29, 1.82) is 0 Å². The maximum absolute atomic E-state index is 11.9. The van der Waals surface area contributed by atoms with Gasteiger partial charge in [0.25, 0.3) is 0 Å². The smallest absolute Gasteiger partial charge is 0.224 e. The second-order valence-corrected chi connectivity index (χ2v) is 6.53. The topological polar surface area (TPSA) is 44.4 Å². The molecule has 4 unspecified atom stereocenters. The van der Waals surface area contributed by atoms with Crippen molar-refractivity contribution >= 4 is 30.7 Å². The number of nitrogens with zero attached hydrogens (tertiary/aromatic N) is 1. The third-order valence-electron chi connectivity index (χ3n) is 3.82. The Kier molecular flexibility index (Phi) is 12.8. The van der Waals surface area contributed by atoms with E-state index in [1.54, 1.807) is 0 Å². The Hall–Kier alpha value is -0.0300. The molecule has 1 heterocycles. The van der Waals surface area contributed by atoms with Crippen LogP contribution in [0.5, 0.6) is 0 Å². The third-order valence-corrected chi connectivity index (χ3v) is 3.82. The minimum Gasteiger partial charge on any atom is -0.352 e. The molecule has 2 N–H and O–H groups in total. The second-order valence-electron chi connectivity index (χ2n) is 6.53. The summed E-state index contributed by atoms with van der Waals surface area (Å²) in [4.78, 5) is 14.4. The number of hydrogen-bond donors (Lipinski definition) is 2. The summed E-state index contributed by atoms with van der Waals surface area (Å²) in [6, 6.07) is 0.226. The molecule has 1 amide bonds. The molecule has 1 aliphatic heterocycles. The van der Waals surface area contributed by atoms with Crippen LogP contribution in [0.25, 0.3) is 0 Å². The largest absolute Gasteiger partial charge is 0.352 e. The van der Waals surface area contributed by atoms with Gasteiger partial charge in [-0.15, -0.1) is 24.8 Å². The van der Waals surface area contributed by atoms with Crippen molar-refractivity contribution in [2.24, 2.45) is 17.8 Å². The van der Waals surface area contributed by atoms with Crippen molar-refractivity contribution in [3.8, 4) is 0 Å². The van der Waals surface area contributed by atoms with E-state index in [9.17, 15) is 4.79 Å². The molecule has 4 nitrogen and oxygen atoms in total. The Labute approximate surface area is 142 Å². The van der Waals surface area contributed by atoms with Crippen LogP contribution in [0.1, 0.15) is 34.1 Å². The van der Waals surface area contributed by atoms with Gasteiger partial charge in [0.15, 0.2) is 0 Å². The van der Waals surface area contributed by atoms with Crippen LogP contribution in [0, 0.1) is 17.8 Å². The average Bonchev–Trinajstić information content (AvgIpc) is 2.27. The lowest BCUT2D eigenvalue weighted by atomic mass is 9.91. The first-order valence-corrected chi connectivity index (χ1v) is 7.59. The highest BCUT2D eigenvalue weighted by molar-refractivity contribution is 5.85. The van der Waals surface area contributed by atoms with E-state index in [1.165, 1.54) is 6.42 Å². The van der Waals surface area contributed by atoms with Gasteiger partial charge in [-0.25, -0.2) is 0 Å². The van der Waals surface area contributed by atoms with Crippen molar-refractivity contribution in [3.63, 3.8) is 0 Å². The molecule has 1 saturated heterocycles. The quantitative estimate of drug-likeness (QED) is 0.778. The van der Waals surface area contributed by atoms with Gasteiger partial charge in [0, 0.05) is 38.1 Å². The van der Waals surface area contributed by atoms with Gasteiger partial charge in [-0.3, -0.25) is 4.79 Å². The van der Waals surface area contributed by atoms with Crippen LogP contribution < -0.4 is 10.6 Å². The molecule has 21 heavy (non-hydrogen) atoms. The van der Waals surface area contributed by atoms with Crippen LogP contribution in [0.4, 0.5) is 0 Å². The van der Waals surface area contributed by atoms with Crippen LogP contribution in [0.2, 0.25) is 0 Å². The maximum Gasteiger partial charge on any atom is 0.224 e. The number of carbonyl (C=O) groups is 1. The van der Waals surface area contributed by atoms with Gasteiger partial charge in [0.05, 0.1) is 0 Å². The Morgan fingerprint density at radius 1 is 1.19 bits per heavy atom. The van der Waals surface area contributed by atoms with E-state index in [0.717, 1.165) is 38.0 Å². The van der Waals surface area contributed by atoms with Gasteiger partial charge in [0.1, 0.15) is 0 Å². The Bertz CT molecular complexity index is 282. The molecule has 1 aliphatic rings. The van der Waals surface area contributed by atoms with Crippen molar-refractivity contribution in [2.75, 3.05) is 33.2 Å². The molecule has 0 saturated carbocycles. The van der Waals surface area contributed by atoms with Gasteiger partial charge in [-0.05, 0) is 32.2 Å². The molecule has 128 valence electrons. The number of piperidine rings is 1. The van der Waals surface area contributed by atoms with Crippen molar-refractivity contribution in [2.45, 2.75) is 40.2 Å². The number of carbonyl (C=O) groups excluding carboxylic acids is 1. The van der Waals surface area contributed by atoms with Crippen molar-refractivity contribution in [3.05, 3.63) is 0 Å². The van der Waals surface area contributed by atoms with Crippen LogP contribution in [-0.2, 0) is 4.79 Å². The van der Waals surface area contributed by atoms with Crippen molar-refractivity contribution < 1.29 is 4.79 Å². The predicted molar refractivity (Wildman–Crippen MR) is 94.6 cm³/mol. The van der Waals surface area contributed by atoms with Gasteiger partial charge in [-0.1, -0.05) is 20.8 Å². The zero-order valence-electron chi connectivity index (χ0n) is 14.0. The SMILES string of the molecule is CNCC(C)C(=O)NC(C)CN1CC(C)CC(C)C1.Cl.Cl. The molecule has 6 heteroatoms. The Balaban J connectivity index is 0. The molecular weight excluding hydrogens is 309 g/mol. The second kappa shape index (κ2) is 11.5. The lowest BCUT2D eigenvalue weighted by Crippen LogP contribution is -2.48. The first-order valence-electron chi connectivity index (χ1n) is 7.59. The first kappa shape index (κ1) is 23.2. The lowest BCUT2D eigenvalue weighted by molar-refractivity contribution is -0.125. The van der Waals surface area contributed by atoms with E-state index >= 15 is 0 Å². The molecule has 1 fully saturated rings. The lowest BCUT2D eigenvalue weighted by Gasteiger charge is -2.36. The number of hydrogen-bond acceptors (Lipinski definition) is 3. The summed E-state index contributed by atoms with van der Waals surface area (Å²) in [5.41, 5.74) is 0. The molecule has 0 aromatic heterocycles. The maximum atomic E-state index is 11.9. The summed E-state index contributed by atoms with van der Waals surface area (Å²) >= 11 is 0. The monoisotopic (exact) mass is 341 g/mol. The van der Waals surface area contributed by atoms with Gasteiger partial charge < -0.3 is 15.5 Å². The fourth-order valence-corrected chi connectivity index (χ4v) is 3.16. The van der Waals surface area contributed by atoms with Crippen LogP contribution in [-0.4, -0.2) is 50.1 Å². The zero-order chi connectivity index (χ0) is 14.4. The number of halogens is 2. The molecule has 0 spiro atoms. The highest BCUT2D eigenvalue weighted by Crippen LogP contribution is 2.20. The van der Waals surface area contributed by atoms with Crippen LogP contribution in [0.15, 0.2) is 0 Å². The molecule has 1 rings (SSSR count). The zero-order valence-corrected chi connectivity index (χ0v) is 15.6. The summed E-state index contributed by atoms with van der Waals surface area (Å²) in [6.45, 7) is 12.7. The van der Waals surface area contributed by atoms with E-state index in [1.807, 2.05) is 14.0 Å². The summed E-state index contributed by atoms with van der Waals surface area (Å²) in [6.07, 6.45) is 1.33. The molecule has 0 aromatic carbocycles. The van der Waals surface area contributed by atoms with Crippen LogP contribution >= 0.6 is 24.8 Å². The summed E-state index contributed by atoms with van der Waals surface area (Å²) in [5, 5.41) is 6.16. The number of likely N-dealkylation sites (tertiary alicyclic amines) is 1. The molecular formula is C15H33Cl2N3O. The highest BCUT2D eigenvalue weighted by atomic mass is 35.5. The van der Waals surface area contributed by atoms with Gasteiger partial charge in [-0.2, -0.15) is 0 Å². The summed E-state index contributed by atoms with van der Waals surface area (Å²) in [7, 11) is 1.88. The van der Waals surface area contributed by atoms with E-state index in [0.29, 0.717) is 0 Å². The predicted octanol–water partition coefficient (Wildman–Crippen LogP) is 2.17. The van der Waals surface area contributed by atoms with E-state index in [2.05, 4.69) is 36.3 Å². The minimum absolute atomic E-state index is 0. The van der Waals surface area contributed by atoms with E-state index in [4.69, 9.17) is 0 Å². The molecule has 4 atom stereocenters. The van der Waals surface area contributed by atoms with Crippen molar-refractivity contribution in [1.82, 2.24) is 15.5 Å². The molecule has 0 aliphatic carbocycles. The molecule has 0 aromatic rings. The fourth-order valence-electron chi connectivity index (χ4n) is 3.16. The average molecular weight is 342 g/mol.